The van der Waals surface area contributed by atoms with Gasteiger partial charge in [-0.25, -0.2) is 4.57 Å². The Kier molecular flexibility index (Phi) is 24.3. The Hall–Kier alpha value is -1.03. The van der Waals surface area contributed by atoms with Crippen molar-refractivity contribution < 1.29 is 47.8 Å². The van der Waals surface area contributed by atoms with Crippen LogP contribution in [-0.4, -0.2) is 65.7 Å². The van der Waals surface area contributed by atoms with Crippen LogP contribution in [-0.2, 0) is 32.7 Å². The maximum Gasteiger partial charge on any atom is 0.472 e. The number of aliphatic hydroxyl groups excluding tert-OH is 2. The van der Waals surface area contributed by atoms with Gasteiger partial charge >= 0.3 is 19.8 Å². The van der Waals surface area contributed by atoms with Gasteiger partial charge in [-0.15, -0.1) is 0 Å². The lowest BCUT2D eigenvalue weighted by atomic mass is 10.0. The van der Waals surface area contributed by atoms with E-state index in [2.05, 4.69) is 6.92 Å². The molecular formula is C27H53O10P. The van der Waals surface area contributed by atoms with Crippen molar-refractivity contribution in [1.82, 2.24) is 0 Å². The van der Waals surface area contributed by atoms with Crippen LogP contribution in [0.15, 0.2) is 0 Å². The van der Waals surface area contributed by atoms with Crippen molar-refractivity contribution in [2.45, 2.75) is 135 Å². The quantitative estimate of drug-likeness (QED) is 0.0649. The summed E-state index contributed by atoms with van der Waals surface area (Å²) in [6.45, 7) is 1.52. The molecule has 0 amide bonds. The van der Waals surface area contributed by atoms with Crippen LogP contribution in [0.25, 0.3) is 0 Å². The zero-order valence-electron chi connectivity index (χ0n) is 23.7. The first-order valence-electron chi connectivity index (χ1n) is 14.5. The van der Waals surface area contributed by atoms with Gasteiger partial charge in [0, 0.05) is 12.8 Å². The number of ether oxygens (including phenoxy) is 2. The zero-order valence-corrected chi connectivity index (χ0v) is 24.5. The fraction of sp³-hybridized carbons (Fsp3) is 0.926. The average molecular weight is 569 g/mol. The zero-order chi connectivity index (χ0) is 28.5. The number of esters is 2. The standard InChI is InChI=1S/C27H53O10P/c1-3-5-6-7-8-9-10-11-12-13-14-15-16-17-18-19-27(31)37-25(21-29)23-35-38(32,33)34-22-24(20-28)36-26(30)4-2/h24-25,28-29H,3-23H2,1-2H3,(H,32,33). The van der Waals surface area contributed by atoms with Crippen molar-refractivity contribution in [2.24, 2.45) is 0 Å². The highest BCUT2D eigenvalue weighted by molar-refractivity contribution is 7.47. The highest BCUT2D eigenvalue weighted by Crippen LogP contribution is 2.43. The molecule has 11 heteroatoms. The molecule has 0 radical (unpaired) electrons. The Bertz CT molecular complexity index is 631. The van der Waals surface area contributed by atoms with Gasteiger partial charge in [0.15, 0.2) is 0 Å². The fourth-order valence-electron chi connectivity index (χ4n) is 3.79. The third-order valence-electron chi connectivity index (χ3n) is 6.12. The molecule has 0 aliphatic heterocycles. The first kappa shape index (κ1) is 37.0. The molecule has 0 aromatic carbocycles. The average Bonchev–Trinajstić information content (AvgIpc) is 2.90. The summed E-state index contributed by atoms with van der Waals surface area (Å²) in [7, 11) is -4.58. The van der Waals surface area contributed by atoms with E-state index in [-0.39, 0.29) is 12.8 Å². The lowest BCUT2D eigenvalue weighted by molar-refractivity contribution is -0.153. The number of phosphoric acid groups is 1. The maximum absolute atomic E-state index is 12.0. The molecule has 3 unspecified atom stereocenters. The number of phosphoric ester groups is 1. The molecule has 0 aromatic heterocycles. The molecule has 0 fully saturated rings. The lowest BCUT2D eigenvalue weighted by Crippen LogP contribution is -2.28. The number of hydrogen-bond donors (Lipinski definition) is 3. The topological polar surface area (TPSA) is 149 Å². The normalized spacial score (nSPS) is 14.6. The van der Waals surface area contributed by atoms with Crippen LogP contribution in [0, 0.1) is 0 Å². The summed E-state index contributed by atoms with van der Waals surface area (Å²) >= 11 is 0. The highest BCUT2D eigenvalue weighted by atomic mass is 31.2. The maximum atomic E-state index is 12.0. The first-order valence-corrected chi connectivity index (χ1v) is 16.0. The molecule has 0 aromatic rings. The third-order valence-corrected chi connectivity index (χ3v) is 7.07. The van der Waals surface area contributed by atoms with Crippen LogP contribution in [0.1, 0.15) is 123 Å². The molecule has 10 nitrogen and oxygen atoms in total. The summed E-state index contributed by atoms with van der Waals surface area (Å²) in [5.74, 6) is -1.11. The second-order valence-corrected chi connectivity index (χ2v) is 11.2. The number of rotatable bonds is 27. The number of unbranched alkanes of at least 4 members (excludes halogenated alkanes) is 14. The van der Waals surface area contributed by atoms with Crippen LogP contribution < -0.4 is 0 Å². The van der Waals surface area contributed by atoms with Crippen molar-refractivity contribution in [2.75, 3.05) is 26.4 Å². The molecule has 0 saturated heterocycles. The monoisotopic (exact) mass is 568 g/mol. The largest absolute Gasteiger partial charge is 0.472 e. The van der Waals surface area contributed by atoms with Gasteiger partial charge in [0.25, 0.3) is 0 Å². The second kappa shape index (κ2) is 25.0. The van der Waals surface area contributed by atoms with E-state index in [1.165, 1.54) is 70.6 Å². The van der Waals surface area contributed by atoms with Crippen molar-refractivity contribution >= 4 is 19.8 Å². The van der Waals surface area contributed by atoms with Gasteiger partial charge in [0.05, 0.1) is 26.4 Å². The number of aliphatic hydroxyl groups is 2. The fourth-order valence-corrected chi connectivity index (χ4v) is 4.58. The van der Waals surface area contributed by atoms with E-state index in [1.54, 1.807) is 6.92 Å². The van der Waals surface area contributed by atoms with Crippen molar-refractivity contribution in [3.8, 4) is 0 Å². The van der Waals surface area contributed by atoms with Gasteiger partial charge in [-0.05, 0) is 6.42 Å². The Morgan fingerprint density at radius 2 is 1.00 bits per heavy atom. The van der Waals surface area contributed by atoms with E-state index in [1.807, 2.05) is 0 Å². The molecule has 226 valence electrons. The molecule has 0 aliphatic carbocycles. The van der Waals surface area contributed by atoms with Gasteiger partial charge in [-0.3, -0.25) is 18.6 Å². The molecule has 3 N–H and O–H groups in total. The molecule has 38 heavy (non-hydrogen) atoms. The second-order valence-electron chi connectivity index (χ2n) is 9.70. The van der Waals surface area contributed by atoms with Gasteiger partial charge in [-0.2, -0.15) is 0 Å². The Balaban J connectivity index is 3.83. The van der Waals surface area contributed by atoms with E-state index in [9.17, 15) is 24.2 Å². The van der Waals surface area contributed by atoms with Gasteiger partial charge in [-0.1, -0.05) is 104 Å². The number of carbonyl (C=O) groups is 2. The molecule has 0 spiro atoms. The van der Waals surface area contributed by atoms with Crippen molar-refractivity contribution in [1.29, 1.82) is 0 Å². The van der Waals surface area contributed by atoms with Crippen LogP contribution in [0.5, 0.6) is 0 Å². The van der Waals surface area contributed by atoms with Crippen LogP contribution in [0.4, 0.5) is 0 Å². The molecule has 0 heterocycles. The van der Waals surface area contributed by atoms with E-state index in [4.69, 9.17) is 23.6 Å². The minimum absolute atomic E-state index is 0.0761. The van der Waals surface area contributed by atoms with E-state index in [0.29, 0.717) is 6.42 Å². The smallest absolute Gasteiger partial charge is 0.457 e. The summed E-state index contributed by atoms with van der Waals surface area (Å²) in [6, 6.07) is 0. The van der Waals surface area contributed by atoms with Crippen LogP contribution in [0.2, 0.25) is 0 Å². The predicted octanol–water partition coefficient (Wildman–Crippen LogP) is 5.60. The number of carbonyl (C=O) groups excluding carboxylic acids is 2. The molecule has 0 aliphatic rings. The van der Waals surface area contributed by atoms with Gasteiger partial charge in [0.1, 0.15) is 12.2 Å². The van der Waals surface area contributed by atoms with E-state index >= 15 is 0 Å². The molecule has 3 atom stereocenters. The van der Waals surface area contributed by atoms with E-state index in [0.717, 1.165) is 19.3 Å². The number of hydrogen-bond acceptors (Lipinski definition) is 9. The summed E-state index contributed by atoms with van der Waals surface area (Å²) in [4.78, 5) is 33.0. The Morgan fingerprint density at radius 1 is 0.632 bits per heavy atom. The minimum Gasteiger partial charge on any atom is -0.457 e. The predicted molar refractivity (Wildman–Crippen MR) is 145 cm³/mol. The molecule has 0 bridgehead atoms. The first-order chi connectivity index (χ1) is 18.3. The molecule has 0 saturated carbocycles. The molecule has 0 rings (SSSR count). The lowest BCUT2D eigenvalue weighted by Gasteiger charge is -2.20. The van der Waals surface area contributed by atoms with Gasteiger partial charge in [0.2, 0.25) is 0 Å². The summed E-state index contributed by atoms with van der Waals surface area (Å²) in [5.41, 5.74) is 0. The van der Waals surface area contributed by atoms with E-state index < -0.39 is 58.4 Å². The SMILES string of the molecule is CCCCCCCCCCCCCCCCCC(=O)OC(CO)COP(=O)(O)OCC(CO)OC(=O)CC. The summed E-state index contributed by atoms with van der Waals surface area (Å²) in [5, 5.41) is 18.6. The minimum atomic E-state index is -4.58. The summed E-state index contributed by atoms with van der Waals surface area (Å²) in [6.07, 6.45) is 16.4. The molecular weight excluding hydrogens is 515 g/mol. The highest BCUT2D eigenvalue weighted by Gasteiger charge is 2.27. The summed E-state index contributed by atoms with van der Waals surface area (Å²) < 4.78 is 31.4. The van der Waals surface area contributed by atoms with Gasteiger partial charge < -0.3 is 24.6 Å². The van der Waals surface area contributed by atoms with Crippen LogP contribution >= 0.6 is 7.82 Å². The van der Waals surface area contributed by atoms with Crippen molar-refractivity contribution in [3.63, 3.8) is 0 Å². The van der Waals surface area contributed by atoms with Crippen LogP contribution in [0.3, 0.4) is 0 Å². The Labute approximate surface area is 229 Å². The Morgan fingerprint density at radius 3 is 1.37 bits per heavy atom. The van der Waals surface area contributed by atoms with Crippen molar-refractivity contribution in [3.05, 3.63) is 0 Å². The third kappa shape index (κ3) is 22.9.